The fraction of sp³-hybridized carbons (Fsp3) is 0.194. The Morgan fingerprint density at radius 1 is 0.745 bits per heavy atom. The van der Waals surface area contributed by atoms with Gasteiger partial charge in [0.25, 0.3) is 11.8 Å². The summed E-state index contributed by atoms with van der Waals surface area (Å²) in [5, 5.41) is 2.40. The number of methoxy groups -OCH3 is 1. The summed E-state index contributed by atoms with van der Waals surface area (Å²) in [5.74, 6) is 0.689. The number of urea groups is 1. The fourth-order valence-electron chi connectivity index (χ4n) is 4.80. The molecular weight excluding hydrogens is 624 g/mol. The number of nitrogens with one attached hydrogen (secondary N) is 1. The van der Waals surface area contributed by atoms with Crippen molar-refractivity contribution in [3.63, 3.8) is 0 Å². The summed E-state index contributed by atoms with van der Waals surface area (Å²) in [5.41, 5.74) is 2.24. The summed E-state index contributed by atoms with van der Waals surface area (Å²) >= 11 is 6.62. The number of anilines is 1. The van der Waals surface area contributed by atoms with E-state index in [1.165, 1.54) is 19.3 Å². The summed E-state index contributed by atoms with van der Waals surface area (Å²) < 4.78 is 28.9. The number of hydrogen-bond donors (Lipinski definition) is 1. The number of rotatable bonds is 13. The summed E-state index contributed by atoms with van der Waals surface area (Å²) in [6.45, 7) is 5.19. The van der Waals surface area contributed by atoms with Crippen molar-refractivity contribution in [2.24, 2.45) is 0 Å². The van der Waals surface area contributed by atoms with Crippen molar-refractivity contribution in [3.05, 3.63) is 112 Å². The van der Waals surface area contributed by atoms with Crippen LogP contribution < -0.4 is 33.9 Å². The van der Waals surface area contributed by atoms with Gasteiger partial charge < -0.3 is 23.7 Å². The van der Waals surface area contributed by atoms with Gasteiger partial charge in [0.15, 0.2) is 23.0 Å². The minimum atomic E-state index is -0.857. The first-order valence-corrected chi connectivity index (χ1v) is 15.3. The molecule has 1 fully saturated rings. The molecular formula is C36H33ClN2O8. The third-order valence-corrected chi connectivity index (χ3v) is 7.28. The first-order valence-electron chi connectivity index (χ1n) is 14.9. The Balaban J connectivity index is 1.33. The third kappa shape index (κ3) is 7.85. The van der Waals surface area contributed by atoms with Gasteiger partial charge in [-0.05, 0) is 85.1 Å². The van der Waals surface area contributed by atoms with E-state index in [1.807, 2.05) is 62.4 Å². The van der Waals surface area contributed by atoms with Crippen LogP contribution >= 0.6 is 11.6 Å². The zero-order valence-corrected chi connectivity index (χ0v) is 26.8. The van der Waals surface area contributed by atoms with E-state index in [2.05, 4.69) is 5.32 Å². The molecule has 4 amide bonds. The molecule has 47 heavy (non-hydrogen) atoms. The molecule has 1 aliphatic rings. The smallest absolute Gasteiger partial charge is 0.335 e. The van der Waals surface area contributed by atoms with E-state index in [1.54, 1.807) is 30.3 Å². The fourth-order valence-corrected chi connectivity index (χ4v) is 5.07. The van der Waals surface area contributed by atoms with Gasteiger partial charge >= 0.3 is 6.03 Å². The Labute approximate surface area is 277 Å². The highest BCUT2D eigenvalue weighted by molar-refractivity contribution is 6.39. The predicted octanol–water partition coefficient (Wildman–Crippen LogP) is 6.97. The second-order valence-corrected chi connectivity index (χ2v) is 10.6. The van der Waals surface area contributed by atoms with Gasteiger partial charge in [-0.2, -0.15) is 0 Å². The number of ether oxygens (including phenoxy) is 5. The zero-order chi connectivity index (χ0) is 33.3. The summed E-state index contributed by atoms with van der Waals surface area (Å²) in [4.78, 5) is 39.6. The van der Waals surface area contributed by atoms with Crippen molar-refractivity contribution in [1.29, 1.82) is 0 Å². The number of nitrogens with zero attached hydrogens (tertiary/aromatic N) is 1. The lowest BCUT2D eigenvalue weighted by molar-refractivity contribution is -0.122. The maximum absolute atomic E-state index is 13.4. The molecule has 4 aromatic carbocycles. The molecule has 0 saturated carbocycles. The molecule has 1 saturated heterocycles. The number of amides is 4. The first-order chi connectivity index (χ1) is 22.8. The molecule has 1 aliphatic heterocycles. The lowest BCUT2D eigenvalue weighted by atomic mass is 10.1. The van der Waals surface area contributed by atoms with Crippen molar-refractivity contribution in [2.75, 3.05) is 25.2 Å². The van der Waals surface area contributed by atoms with E-state index in [9.17, 15) is 14.4 Å². The van der Waals surface area contributed by atoms with Gasteiger partial charge in [0.2, 0.25) is 0 Å². The summed E-state index contributed by atoms with van der Waals surface area (Å²) in [6, 6.07) is 24.0. The number of carbonyl (C=O) groups excluding carboxylic acids is 3. The average Bonchev–Trinajstić information content (AvgIpc) is 3.07. The molecule has 0 atom stereocenters. The van der Waals surface area contributed by atoms with Crippen molar-refractivity contribution in [1.82, 2.24) is 5.32 Å². The van der Waals surface area contributed by atoms with Crippen LogP contribution in [0.3, 0.4) is 0 Å². The van der Waals surface area contributed by atoms with Crippen LogP contribution in [0.4, 0.5) is 10.5 Å². The van der Waals surface area contributed by atoms with E-state index < -0.39 is 17.8 Å². The van der Waals surface area contributed by atoms with E-state index in [-0.39, 0.29) is 34.4 Å². The van der Waals surface area contributed by atoms with Crippen molar-refractivity contribution < 1.29 is 38.1 Å². The van der Waals surface area contributed by atoms with E-state index in [0.717, 1.165) is 16.0 Å². The molecule has 0 aliphatic carbocycles. The monoisotopic (exact) mass is 656 g/mol. The van der Waals surface area contributed by atoms with Gasteiger partial charge in [-0.3, -0.25) is 14.9 Å². The molecule has 0 aromatic heterocycles. The van der Waals surface area contributed by atoms with Gasteiger partial charge in [0.1, 0.15) is 24.5 Å². The Morgan fingerprint density at radius 2 is 1.47 bits per heavy atom. The molecule has 11 heteroatoms. The van der Waals surface area contributed by atoms with Crippen LogP contribution in [0.25, 0.3) is 6.08 Å². The van der Waals surface area contributed by atoms with Gasteiger partial charge in [-0.15, -0.1) is 0 Å². The van der Waals surface area contributed by atoms with Crippen molar-refractivity contribution in [3.8, 4) is 28.7 Å². The van der Waals surface area contributed by atoms with Gasteiger partial charge in [0.05, 0.1) is 31.0 Å². The van der Waals surface area contributed by atoms with Crippen LogP contribution in [-0.2, 0) is 22.8 Å². The minimum absolute atomic E-state index is 0.135. The standard InChI is InChI=1S/C36H33ClN2O8/c1-4-44-27-14-12-26(13-15-27)39-35(41)28(34(40)38-36(39)42)17-25-18-29(37)33(32(20-25)43-3)47-22-24-11-16-30(31(19-24)45-5-2)46-21-23-9-7-6-8-10-23/h6-20H,4-5,21-22H2,1-3H3,(H,38,40,42)/b28-17+. The highest BCUT2D eigenvalue weighted by Gasteiger charge is 2.37. The van der Waals surface area contributed by atoms with Crippen LogP contribution in [0.2, 0.25) is 5.02 Å². The Hall–Kier alpha value is -5.48. The third-order valence-electron chi connectivity index (χ3n) is 7.00. The second-order valence-electron chi connectivity index (χ2n) is 10.2. The van der Waals surface area contributed by atoms with Gasteiger partial charge in [-0.25, -0.2) is 9.69 Å². The van der Waals surface area contributed by atoms with Gasteiger partial charge in [0, 0.05) is 0 Å². The molecule has 0 bridgehead atoms. The number of halogens is 1. The SMILES string of the molecule is CCOc1ccc(N2C(=O)NC(=O)/C(=C\c3cc(Cl)c(OCc4ccc(OCc5ccccc5)c(OCC)c4)c(OC)c3)C2=O)cc1. The predicted molar refractivity (Wildman–Crippen MR) is 177 cm³/mol. The molecule has 0 spiro atoms. The van der Waals surface area contributed by atoms with Crippen LogP contribution in [0.5, 0.6) is 28.7 Å². The number of hydrogen-bond acceptors (Lipinski definition) is 8. The zero-order valence-electron chi connectivity index (χ0n) is 26.1. The molecule has 5 rings (SSSR count). The molecule has 4 aromatic rings. The summed E-state index contributed by atoms with van der Waals surface area (Å²) in [6.07, 6.45) is 1.34. The second kappa shape index (κ2) is 15.2. The van der Waals surface area contributed by atoms with Crippen molar-refractivity contribution in [2.45, 2.75) is 27.1 Å². The van der Waals surface area contributed by atoms with Gasteiger partial charge in [-0.1, -0.05) is 48.0 Å². The molecule has 0 unspecified atom stereocenters. The first kappa shape index (κ1) is 32.9. The molecule has 242 valence electrons. The highest BCUT2D eigenvalue weighted by Crippen LogP contribution is 2.38. The lowest BCUT2D eigenvalue weighted by Crippen LogP contribution is -2.54. The topological polar surface area (TPSA) is 113 Å². The summed E-state index contributed by atoms with van der Waals surface area (Å²) in [7, 11) is 1.45. The van der Waals surface area contributed by atoms with Crippen LogP contribution in [0.15, 0.2) is 90.5 Å². The molecule has 0 radical (unpaired) electrons. The minimum Gasteiger partial charge on any atom is -0.494 e. The van der Waals surface area contributed by atoms with E-state index in [0.29, 0.717) is 42.6 Å². The highest BCUT2D eigenvalue weighted by atomic mass is 35.5. The average molecular weight is 657 g/mol. The van der Waals surface area contributed by atoms with Crippen LogP contribution in [0.1, 0.15) is 30.5 Å². The number of carbonyl (C=O) groups is 3. The van der Waals surface area contributed by atoms with Crippen molar-refractivity contribution >= 4 is 41.2 Å². The Kier molecular flexibility index (Phi) is 10.6. The Morgan fingerprint density at radius 3 is 2.17 bits per heavy atom. The number of barbiturate groups is 1. The molecule has 1 N–H and O–H groups in total. The maximum Gasteiger partial charge on any atom is 0.335 e. The molecule has 10 nitrogen and oxygen atoms in total. The normalized spacial score (nSPS) is 13.7. The van der Waals surface area contributed by atoms with Crippen LogP contribution in [0, 0.1) is 0 Å². The maximum atomic E-state index is 13.4. The molecule has 1 heterocycles. The van der Waals surface area contributed by atoms with E-state index >= 15 is 0 Å². The number of imide groups is 2. The number of benzene rings is 4. The quantitative estimate of drug-likeness (QED) is 0.121. The van der Waals surface area contributed by atoms with E-state index in [4.69, 9.17) is 35.3 Å². The van der Waals surface area contributed by atoms with Crippen LogP contribution in [-0.4, -0.2) is 38.2 Å². The Bertz CT molecular complexity index is 1790. The lowest BCUT2D eigenvalue weighted by Gasteiger charge is -2.26. The largest absolute Gasteiger partial charge is 0.494 e.